The number of aliphatic imine (C=N–C) groups is 1. The molecular weight excluding hydrogens is 334 g/mol. The molecule has 0 unspecified atom stereocenters. The maximum Gasteiger partial charge on any atom is 0.263 e. The second-order valence-corrected chi connectivity index (χ2v) is 7.19. The smallest absolute Gasteiger partial charge is 0.263 e. The molecule has 1 N–H and O–H groups in total. The van der Waals surface area contributed by atoms with Crippen LogP contribution < -0.4 is 4.72 Å². The molecule has 2 aromatic heterocycles. The Bertz CT molecular complexity index is 898. The predicted octanol–water partition coefficient (Wildman–Crippen LogP) is 3.68. The Kier molecular flexibility index (Phi) is 4.26. The van der Waals surface area contributed by atoms with E-state index in [0.29, 0.717) is 22.3 Å². The zero-order chi connectivity index (χ0) is 16.3. The van der Waals surface area contributed by atoms with Gasteiger partial charge in [0, 0.05) is 11.6 Å². The first-order chi connectivity index (χ1) is 11.0. The van der Waals surface area contributed by atoms with Crippen molar-refractivity contribution in [3.63, 3.8) is 0 Å². The van der Waals surface area contributed by atoms with Gasteiger partial charge in [0.05, 0.1) is 22.6 Å². The number of furan rings is 1. The number of rotatable bonds is 5. The second kappa shape index (κ2) is 6.35. The van der Waals surface area contributed by atoms with E-state index >= 15 is 0 Å². The highest BCUT2D eigenvalue weighted by Gasteiger charge is 2.15. The van der Waals surface area contributed by atoms with Gasteiger partial charge in [-0.05, 0) is 43.3 Å². The van der Waals surface area contributed by atoms with Crippen molar-refractivity contribution in [1.82, 2.24) is 4.98 Å². The zero-order valence-electron chi connectivity index (χ0n) is 12.1. The molecule has 0 saturated carbocycles. The number of nitrogens with one attached hydrogen (secondary N) is 1. The van der Waals surface area contributed by atoms with Crippen molar-refractivity contribution in [1.29, 1.82) is 0 Å². The van der Waals surface area contributed by atoms with Crippen LogP contribution in [0.4, 0.5) is 10.8 Å². The third-order valence-electron chi connectivity index (χ3n) is 2.98. The Morgan fingerprint density at radius 1 is 1.26 bits per heavy atom. The van der Waals surface area contributed by atoms with Crippen LogP contribution in [0.25, 0.3) is 0 Å². The number of nitrogens with zero attached hydrogens (tertiary/aromatic N) is 2. The van der Waals surface area contributed by atoms with E-state index in [0.717, 1.165) is 0 Å². The Balaban J connectivity index is 1.80. The van der Waals surface area contributed by atoms with Gasteiger partial charge < -0.3 is 4.42 Å². The number of hydrogen-bond donors (Lipinski definition) is 1. The fraction of sp³-hybridized carbons (Fsp3) is 0.0667. The molecule has 0 aliphatic carbocycles. The summed E-state index contributed by atoms with van der Waals surface area (Å²) >= 11 is 1.22. The van der Waals surface area contributed by atoms with Gasteiger partial charge in [0.25, 0.3) is 10.0 Å². The number of benzene rings is 1. The maximum absolute atomic E-state index is 12.2. The molecule has 0 atom stereocenters. The lowest BCUT2D eigenvalue weighted by Crippen LogP contribution is -2.12. The molecule has 0 aliphatic heterocycles. The molecule has 23 heavy (non-hydrogen) atoms. The molecule has 3 aromatic rings. The average molecular weight is 347 g/mol. The largest absolute Gasteiger partial charge is 0.463 e. The molecule has 1 aromatic carbocycles. The van der Waals surface area contributed by atoms with Crippen LogP contribution in [-0.4, -0.2) is 19.1 Å². The molecule has 3 rings (SSSR count). The Labute approximate surface area is 137 Å². The van der Waals surface area contributed by atoms with Gasteiger partial charge >= 0.3 is 0 Å². The van der Waals surface area contributed by atoms with E-state index in [9.17, 15) is 8.42 Å². The van der Waals surface area contributed by atoms with E-state index in [2.05, 4.69) is 14.7 Å². The molecule has 0 fully saturated rings. The molecule has 0 spiro atoms. The number of sulfonamides is 1. The fourth-order valence-corrected chi connectivity index (χ4v) is 3.67. The van der Waals surface area contributed by atoms with Crippen molar-refractivity contribution in [3.05, 3.63) is 60.0 Å². The summed E-state index contributed by atoms with van der Waals surface area (Å²) in [4.78, 5) is 8.46. The summed E-state index contributed by atoms with van der Waals surface area (Å²) in [5.74, 6) is 0.673. The minimum atomic E-state index is -3.64. The summed E-state index contributed by atoms with van der Waals surface area (Å²) in [6.07, 6.45) is 3.12. The van der Waals surface area contributed by atoms with Gasteiger partial charge in [-0.2, -0.15) is 0 Å². The minimum absolute atomic E-state index is 0.155. The van der Waals surface area contributed by atoms with Gasteiger partial charge in [0.15, 0.2) is 5.13 Å². The van der Waals surface area contributed by atoms with Gasteiger partial charge in [-0.1, -0.05) is 0 Å². The molecule has 0 radical (unpaired) electrons. The predicted molar refractivity (Wildman–Crippen MR) is 89.9 cm³/mol. The van der Waals surface area contributed by atoms with Gasteiger partial charge in [-0.15, -0.1) is 11.3 Å². The summed E-state index contributed by atoms with van der Waals surface area (Å²) < 4.78 is 32.1. The first-order valence-corrected chi connectivity index (χ1v) is 9.02. The summed E-state index contributed by atoms with van der Waals surface area (Å²) in [6, 6.07) is 9.89. The Morgan fingerprint density at radius 3 is 2.65 bits per heavy atom. The van der Waals surface area contributed by atoms with Crippen molar-refractivity contribution < 1.29 is 12.8 Å². The SMILES string of the molecule is CC(=Nc1ccc(S(=O)(=O)Nc2nccs2)cc1)c1ccco1. The lowest BCUT2D eigenvalue weighted by Gasteiger charge is -2.05. The normalized spacial score (nSPS) is 12.3. The van der Waals surface area contributed by atoms with E-state index < -0.39 is 10.0 Å². The second-order valence-electron chi connectivity index (χ2n) is 4.61. The van der Waals surface area contributed by atoms with Crippen LogP contribution in [0.15, 0.2) is 68.5 Å². The number of anilines is 1. The molecule has 0 saturated heterocycles. The molecule has 6 nitrogen and oxygen atoms in total. The van der Waals surface area contributed by atoms with Crippen LogP contribution in [-0.2, 0) is 10.0 Å². The van der Waals surface area contributed by atoms with Crippen LogP contribution in [0.2, 0.25) is 0 Å². The van der Waals surface area contributed by atoms with Gasteiger partial charge in [-0.25, -0.2) is 18.4 Å². The van der Waals surface area contributed by atoms with Crippen LogP contribution in [0.3, 0.4) is 0 Å². The van der Waals surface area contributed by atoms with Gasteiger partial charge in [0.1, 0.15) is 5.76 Å². The molecule has 2 heterocycles. The van der Waals surface area contributed by atoms with Gasteiger partial charge in [-0.3, -0.25) is 4.72 Å². The van der Waals surface area contributed by atoms with E-state index in [-0.39, 0.29) is 4.90 Å². The number of aromatic nitrogens is 1. The molecule has 0 aliphatic rings. The lowest BCUT2D eigenvalue weighted by molar-refractivity contribution is 0.557. The van der Waals surface area contributed by atoms with Crippen molar-refractivity contribution in [2.75, 3.05) is 4.72 Å². The third kappa shape index (κ3) is 3.66. The molecule has 0 bridgehead atoms. The standard InChI is InChI=1S/C15H13N3O3S2/c1-11(14-3-2-9-21-14)17-12-4-6-13(7-5-12)23(19,20)18-15-16-8-10-22-15/h2-10H,1H3,(H,16,18). The summed E-state index contributed by atoms with van der Waals surface area (Å²) in [5, 5.41) is 2.04. The quantitative estimate of drug-likeness (QED) is 0.714. The molecule has 8 heteroatoms. The van der Waals surface area contributed by atoms with Crippen molar-refractivity contribution >= 4 is 37.9 Å². The molecular formula is C15H13N3O3S2. The molecule has 118 valence electrons. The first-order valence-electron chi connectivity index (χ1n) is 6.66. The summed E-state index contributed by atoms with van der Waals surface area (Å²) in [7, 11) is -3.64. The van der Waals surface area contributed by atoms with Crippen LogP contribution in [0, 0.1) is 0 Å². The van der Waals surface area contributed by atoms with Crippen LogP contribution in [0.5, 0.6) is 0 Å². The van der Waals surface area contributed by atoms with Crippen molar-refractivity contribution in [2.24, 2.45) is 4.99 Å². The first kappa shape index (κ1) is 15.4. The summed E-state index contributed by atoms with van der Waals surface area (Å²) in [6.45, 7) is 1.83. The monoisotopic (exact) mass is 347 g/mol. The van der Waals surface area contributed by atoms with Crippen LogP contribution in [0.1, 0.15) is 12.7 Å². The van der Waals surface area contributed by atoms with Gasteiger partial charge in [0.2, 0.25) is 0 Å². The highest BCUT2D eigenvalue weighted by atomic mass is 32.2. The fourth-order valence-electron chi connectivity index (χ4n) is 1.88. The zero-order valence-corrected chi connectivity index (χ0v) is 13.8. The topological polar surface area (TPSA) is 84.6 Å². The van der Waals surface area contributed by atoms with Crippen molar-refractivity contribution in [3.8, 4) is 0 Å². The van der Waals surface area contributed by atoms with E-state index in [4.69, 9.17) is 4.42 Å². The van der Waals surface area contributed by atoms with Crippen molar-refractivity contribution in [2.45, 2.75) is 11.8 Å². The highest BCUT2D eigenvalue weighted by Crippen LogP contribution is 2.21. The Hall–Kier alpha value is -2.45. The summed E-state index contributed by atoms with van der Waals surface area (Å²) in [5.41, 5.74) is 1.36. The van der Waals surface area contributed by atoms with E-state index in [1.54, 1.807) is 29.8 Å². The third-order valence-corrected chi connectivity index (χ3v) is 5.15. The average Bonchev–Trinajstić information content (AvgIpc) is 3.20. The molecule has 0 amide bonds. The minimum Gasteiger partial charge on any atom is -0.463 e. The maximum atomic E-state index is 12.2. The highest BCUT2D eigenvalue weighted by molar-refractivity contribution is 7.93. The lowest BCUT2D eigenvalue weighted by atomic mass is 10.3. The van der Waals surface area contributed by atoms with E-state index in [1.807, 2.05) is 13.0 Å². The van der Waals surface area contributed by atoms with Crippen LogP contribution >= 0.6 is 11.3 Å². The number of hydrogen-bond acceptors (Lipinski definition) is 6. The Morgan fingerprint density at radius 2 is 2.04 bits per heavy atom. The number of thiazole rings is 1. The van der Waals surface area contributed by atoms with E-state index in [1.165, 1.54) is 29.7 Å².